The summed E-state index contributed by atoms with van der Waals surface area (Å²) in [5.74, 6) is 0.887. The summed E-state index contributed by atoms with van der Waals surface area (Å²) in [4.78, 5) is 7.52. The van der Waals surface area contributed by atoms with Crippen molar-refractivity contribution < 1.29 is 4.42 Å². The van der Waals surface area contributed by atoms with Gasteiger partial charge in [-0.1, -0.05) is 187 Å². The van der Waals surface area contributed by atoms with Gasteiger partial charge in [0.05, 0.1) is 11.4 Å². The van der Waals surface area contributed by atoms with E-state index in [9.17, 15) is 0 Å². The maximum Gasteiger partial charge on any atom is 0.257 e. The molecule has 0 spiro atoms. The van der Waals surface area contributed by atoms with Crippen molar-refractivity contribution >= 4 is 85.5 Å². The largest absolute Gasteiger partial charge is 0.440 e. The van der Waals surface area contributed by atoms with Gasteiger partial charge < -0.3 is 14.2 Å². The van der Waals surface area contributed by atoms with Gasteiger partial charge in [0, 0.05) is 50.5 Å². The number of benzene rings is 8. The average molecular weight is 982 g/mol. The molecule has 8 aromatic carbocycles. The van der Waals surface area contributed by atoms with Crippen LogP contribution in [0.3, 0.4) is 0 Å². The van der Waals surface area contributed by atoms with E-state index in [-0.39, 0.29) is 33.8 Å². The second kappa shape index (κ2) is 17.1. The van der Waals surface area contributed by atoms with E-state index in [0.29, 0.717) is 0 Å². The van der Waals surface area contributed by atoms with Gasteiger partial charge in [-0.05, 0) is 163 Å². The van der Waals surface area contributed by atoms with Crippen LogP contribution < -0.4 is 31.1 Å². The van der Waals surface area contributed by atoms with Gasteiger partial charge in [0.25, 0.3) is 6.71 Å². The molecular weight excluding hydrogens is 910 g/mol. The van der Waals surface area contributed by atoms with Crippen molar-refractivity contribution in [1.82, 2.24) is 0 Å². The lowest BCUT2D eigenvalue weighted by Gasteiger charge is -2.44. The molecular formula is C70H72BN3O. The Hall–Kier alpha value is -7.24. The minimum absolute atomic E-state index is 0.00434. The zero-order chi connectivity index (χ0) is 52.6. The molecule has 9 aromatic rings. The van der Waals surface area contributed by atoms with Crippen molar-refractivity contribution in [2.45, 2.75) is 130 Å². The number of fused-ring (bicyclic) bond motifs is 7. The van der Waals surface area contributed by atoms with Gasteiger partial charge in [-0.3, -0.25) is 4.90 Å². The smallest absolute Gasteiger partial charge is 0.257 e. The van der Waals surface area contributed by atoms with E-state index in [1.165, 1.54) is 66.4 Å². The zero-order valence-corrected chi connectivity index (χ0v) is 46.5. The molecule has 0 unspecified atom stereocenters. The number of hydrogen-bond donors (Lipinski definition) is 0. The van der Waals surface area contributed by atoms with Crippen LogP contribution in [-0.2, 0) is 27.1 Å². The Morgan fingerprint density at radius 1 is 0.453 bits per heavy atom. The summed E-state index contributed by atoms with van der Waals surface area (Å²) in [5.41, 5.74) is 22.6. The maximum absolute atomic E-state index is 7.65. The summed E-state index contributed by atoms with van der Waals surface area (Å²) in [6, 6.07) is 66.5. The number of rotatable bonds is 6. The fraction of sp³-hybridized carbons (Fsp3) is 0.286. The molecule has 0 amide bonds. The van der Waals surface area contributed by atoms with Crippen LogP contribution in [0, 0.1) is 0 Å². The predicted octanol–water partition coefficient (Wildman–Crippen LogP) is 17.9. The monoisotopic (exact) mass is 982 g/mol. The third-order valence-electron chi connectivity index (χ3n) is 17.0. The van der Waals surface area contributed by atoms with Crippen LogP contribution in [0.25, 0.3) is 22.1 Å². The van der Waals surface area contributed by atoms with E-state index < -0.39 is 0 Å². The van der Waals surface area contributed by atoms with Crippen LogP contribution in [0.5, 0.6) is 0 Å². The SMILES string of the molecule is CC(C)(C)c1ccc(N2c3cc(N(c4ccccc4)c4ccccc4)cc4c3B(c3cc(C(C)(C)C)ccc3N4c3ccc(C(C)(C)C)cc3-c3ccccc3)c3c2oc2cc4c(cc32)C(C)(C)CCC4(C)C)cc1. The standard InChI is InChI=1S/C70H72BN3O/c1-66(2,3)46-29-33-51(34-30-46)73-60-41-52(72(49-25-19-15-20-26-49)50-27-21-16-22-28-50)42-61-64(60)71(63-54-43-55-56(44-62(54)75-65(63)73)70(12,13)38-37-69(55,10)11)57-40-48(68(7,8)9)32-36-59(57)74(61)58-35-31-47(67(4,5)6)39-53(58)45-23-17-14-18-24-45/h14-36,39-44H,37-38H2,1-13H3. The highest BCUT2D eigenvalue weighted by Gasteiger charge is 2.48. The van der Waals surface area contributed by atoms with Gasteiger partial charge in [0.2, 0.25) is 5.88 Å². The lowest BCUT2D eigenvalue weighted by atomic mass is 9.33. The molecule has 1 aliphatic carbocycles. The first-order valence-corrected chi connectivity index (χ1v) is 27.3. The maximum atomic E-state index is 7.65. The number of hydrogen-bond acceptors (Lipinski definition) is 4. The van der Waals surface area contributed by atoms with E-state index in [0.717, 1.165) is 64.1 Å². The summed E-state index contributed by atoms with van der Waals surface area (Å²) in [5, 5.41) is 1.20. The Morgan fingerprint density at radius 3 is 1.51 bits per heavy atom. The quantitative estimate of drug-likeness (QED) is 0.155. The Labute approximate surface area is 447 Å². The second-order valence-corrected chi connectivity index (χ2v) is 26.2. The molecule has 12 rings (SSSR count). The number of furan rings is 1. The molecule has 75 heavy (non-hydrogen) atoms. The summed E-state index contributed by atoms with van der Waals surface area (Å²) in [6.07, 6.45) is 2.26. The van der Waals surface area contributed by atoms with Crippen LogP contribution >= 0.6 is 0 Å². The van der Waals surface area contributed by atoms with Gasteiger partial charge in [0.15, 0.2) is 0 Å². The van der Waals surface area contributed by atoms with Crippen molar-refractivity contribution in [3.8, 4) is 11.1 Å². The lowest BCUT2D eigenvalue weighted by Crippen LogP contribution is -2.61. The van der Waals surface area contributed by atoms with E-state index in [4.69, 9.17) is 4.42 Å². The van der Waals surface area contributed by atoms with E-state index in [1.807, 2.05) is 0 Å². The van der Waals surface area contributed by atoms with Gasteiger partial charge in [-0.2, -0.15) is 0 Å². The van der Waals surface area contributed by atoms with Crippen molar-refractivity contribution in [1.29, 1.82) is 0 Å². The van der Waals surface area contributed by atoms with Gasteiger partial charge >= 0.3 is 0 Å². The van der Waals surface area contributed by atoms with Crippen LogP contribution in [0.4, 0.5) is 51.4 Å². The highest BCUT2D eigenvalue weighted by Crippen LogP contribution is 2.53. The topological polar surface area (TPSA) is 22.9 Å². The Bertz CT molecular complexity index is 3620. The summed E-state index contributed by atoms with van der Waals surface area (Å²) < 4.78 is 7.65. The van der Waals surface area contributed by atoms with Gasteiger partial charge in [-0.25, -0.2) is 0 Å². The van der Waals surface area contributed by atoms with Crippen LogP contribution in [0.1, 0.15) is 131 Å². The van der Waals surface area contributed by atoms with Crippen molar-refractivity contribution in [3.05, 3.63) is 204 Å². The Morgan fingerprint density at radius 2 is 0.947 bits per heavy atom. The highest BCUT2D eigenvalue weighted by molar-refractivity contribution is 7.01. The van der Waals surface area contributed by atoms with Crippen LogP contribution in [0.15, 0.2) is 180 Å². The minimum Gasteiger partial charge on any atom is -0.440 e. The summed E-state index contributed by atoms with van der Waals surface area (Å²) in [6.45, 7) is 30.5. The number of para-hydroxylation sites is 2. The molecule has 376 valence electrons. The lowest BCUT2D eigenvalue weighted by molar-refractivity contribution is 0.332. The zero-order valence-electron chi connectivity index (χ0n) is 46.5. The van der Waals surface area contributed by atoms with Crippen molar-refractivity contribution in [2.24, 2.45) is 0 Å². The van der Waals surface area contributed by atoms with Crippen LogP contribution in [-0.4, -0.2) is 6.71 Å². The molecule has 1 aromatic heterocycles. The molecule has 3 aliphatic rings. The molecule has 0 saturated heterocycles. The molecule has 2 aliphatic heterocycles. The predicted molar refractivity (Wildman–Crippen MR) is 322 cm³/mol. The second-order valence-electron chi connectivity index (χ2n) is 26.2. The fourth-order valence-electron chi connectivity index (χ4n) is 12.4. The Balaban J connectivity index is 1.26. The van der Waals surface area contributed by atoms with E-state index in [2.05, 4.69) is 281 Å². The summed E-state index contributed by atoms with van der Waals surface area (Å²) >= 11 is 0. The molecule has 5 heteroatoms. The molecule has 0 fully saturated rings. The minimum atomic E-state index is -0.160. The highest BCUT2D eigenvalue weighted by atomic mass is 16.4. The van der Waals surface area contributed by atoms with Crippen LogP contribution in [0.2, 0.25) is 0 Å². The number of anilines is 9. The molecule has 3 heterocycles. The average Bonchev–Trinajstić information content (AvgIpc) is 3.92. The van der Waals surface area contributed by atoms with Gasteiger partial charge in [-0.15, -0.1) is 0 Å². The molecule has 0 radical (unpaired) electrons. The normalized spacial score (nSPS) is 15.6. The molecule has 4 nitrogen and oxygen atoms in total. The molecule has 0 N–H and O–H groups in total. The molecule has 0 atom stereocenters. The Kier molecular flexibility index (Phi) is 11.1. The van der Waals surface area contributed by atoms with Crippen molar-refractivity contribution in [3.63, 3.8) is 0 Å². The third kappa shape index (κ3) is 8.12. The first kappa shape index (κ1) is 48.7. The first-order chi connectivity index (χ1) is 35.6. The van der Waals surface area contributed by atoms with Crippen molar-refractivity contribution in [2.75, 3.05) is 14.7 Å². The van der Waals surface area contributed by atoms with E-state index >= 15 is 0 Å². The fourth-order valence-corrected chi connectivity index (χ4v) is 12.4. The number of nitrogens with zero attached hydrogens (tertiary/aromatic N) is 3. The molecule has 0 bridgehead atoms. The molecule has 0 saturated carbocycles. The van der Waals surface area contributed by atoms with E-state index in [1.54, 1.807) is 0 Å². The summed E-state index contributed by atoms with van der Waals surface area (Å²) in [7, 11) is 0. The first-order valence-electron chi connectivity index (χ1n) is 27.3. The van der Waals surface area contributed by atoms with Gasteiger partial charge in [0.1, 0.15) is 5.58 Å². The third-order valence-corrected chi connectivity index (χ3v) is 17.0.